The van der Waals surface area contributed by atoms with E-state index < -0.39 is 11.6 Å². The summed E-state index contributed by atoms with van der Waals surface area (Å²) in [5, 5.41) is 3.56. The fraction of sp³-hybridized carbons (Fsp3) is 0.647. The molecule has 3 rings (SSSR count). The van der Waals surface area contributed by atoms with Crippen LogP contribution in [0.15, 0.2) is 12.1 Å². The second kappa shape index (κ2) is 5.80. The molecule has 1 aromatic rings. The van der Waals surface area contributed by atoms with E-state index in [4.69, 9.17) is 0 Å². The molecule has 110 valence electrons. The molecule has 2 saturated carbocycles. The molecule has 1 N–H and O–H groups in total. The van der Waals surface area contributed by atoms with E-state index in [0.717, 1.165) is 25.8 Å². The van der Waals surface area contributed by atoms with Crippen molar-refractivity contribution in [3.05, 3.63) is 34.9 Å². The van der Waals surface area contributed by atoms with E-state index in [9.17, 15) is 8.78 Å². The van der Waals surface area contributed by atoms with E-state index in [1.165, 1.54) is 19.3 Å². The van der Waals surface area contributed by atoms with Crippen molar-refractivity contribution >= 4 is 0 Å². The molecule has 0 saturated heterocycles. The van der Waals surface area contributed by atoms with Gasteiger partial charge >= 0.3 is 0 Å². The van der Waals surface area contributed by atoms with E-state index in [1.54, 1.807) is 19.1 Å². The summed E-state index contributed by atoms with van der Waals surface area (Å²) in [4.78, 5) is 0. The Morgan fingerprint density at radius 2 is 1.80 bits per heavy atom. The molecule has 0 aromatic heterocycles. The van der Waals surface area contributed by atoms with E-state index in [0.29, 0.717) is 23.1 Å². The largest absolute Gasteiger partial charge is 0.314 e. The summed E-state index contributed by atoms with van der Waals surface area (Å²) in [6.45, 7) is 2.57. The molecule has 0 spiro atoms. The van der Waals surface area contributed by atoms with Crippen LogP contribution in [0, 0.1) is 24.5 Å². The summed E-state index contributed by atoms with van der Waals surface area (Å²) < 4.78 is 28.0. The molecule has 3 heteroatoms. The number of hydrogen-bond acceptors (Lipinski definition) is 1. The van der Waals surface area contributed by atoms with Crippen LogP contribution in [0.5, 0.6) is 0 Å². The fourth-order valence-corrected chi connectivity index (χ4v) is 3.41. The molecule has 1 aromatic carbocycles. The van der Waals surface area contributed by atoms with Gasteiger partial charge in [-0.05, 0) is 62.1 Å². The van der Waals surface area contributed by atoms with Crippen LogP contribution in [0.2, 0.25) is 0 Å². The lowest BCUT2D eigenvalue weighted by atomic mass is 9.75. The van der Waals surface area contributed by atoms with Crippen molar-refractivity contribution in [1.29, 1.82) is 0 Å². The van der Waals surface area contributed by atoms with Crippen molar-refractivity contribution in [3.8, 4) is 0 Å². The van der Waals surface area contributed by atoms with Crippen LogP contribution in [-0.4, -0.2) is 12.6 Å². The molecular weight excluding hydrogens is 256 g/mol. The highest BCUT2D eigenvalue weighted by atomic mass is 19.2. The van der Waals surface area contributed by atoms with Crippen molar-refractivity contribution in [1.82, 2.24) is 5.32 Å². The van der Waals surface area contributed by atoms with Gasteiger partial charge in [-0.2, -0.15) is 0 Å². The topological polar surface area (TPSA) is 12.0 Å². The predicted molar refractivity (Wildman–Crippen MR) is 76.8 cm³/mol. The van der Waals surface area contributed by atoms with Crippen LogP contribution in [0.4, 0.5) is 8.78 Å². The highest BCUT2D eigenvalue weighted by Gasteiger charge is 2.31. The van der Waals surface area contributed by atoms with Gasteiger partial charge in [0, 0.05) is 6.04 Å². The third kappa shape index (κ3) is 2.88. The lowest BCUT2D eigenvalue weighted by Gasteiger charge is -2.32. The van der Waals surface area contributed by atoms with Gasteiger partial charge in [0.25, 0.3) is 0 Å². The maximum Gasteiger partial charge on any atom is 0.162 e. The van der Waals surface area contributed by atoms with E-state index in [-0.39, 0.29) is 5.92 Å². The number of benzene rings is 1. The lowest BCUT2D eigenvalue weighted by molar-refractivity contribution is 0.287. The Morgan fingerprint density at radius 3 is 2.55 bits per heavy atom. The first-order valence-corrected chi connectivity index (χ1v) is 7.84. The van der Waals surface area contributed by atoms with Gasteiger partial charge in [0.2, 0.25) is 0 Å². The van der Waals surface area contributed by atoms with E-state index in [2.05, 4.69) is 5.32 Å². The normalized spacial score (nSPS) is 26.8. The molecule has 20 heavy (non-hydrogen) atoms. The molecule has 0 bridgehead atoms. The molecule has 2 aliphatic carbocycles. The first-order valence-electron chi connectivity index (χ1n) is 7.84. The van der Waals surface area contributed by atoms with Crippen molar-refractivity contribution < 1.29 is 8.78 Å². The lowest BCUT2D eigenvalue weighted by Crippen LogP contribution is -2.31. The molecule has 2 fully saturated rings. The first kappa shape index (κ1) is 14.0. The Hall–Kier alpha value is -0.960. The van der Waals surface area contributed by atoms with Crippen LogP contribution in [-0.2, 0) is 0 Å². The highest BCUT2D eigenvalue weighted by Crippen LogP contribution is 2.39. The smallest absolute Gasteiger partial charge is 0.162 e. The van der Waals surface area contributed by atoms with Crippen LogP contribution in [0.25, 0.3) is 0 Å². The Morgan fingerprint density at radius 1 is 1.05 bits per heavy atom. The number of hydrogen-bond donors (Lipinski definition) is 1. The zero-order chi connectivity index (χ0) is 14.1. The number of halogens is 2. The molecule has 2 unspecified atom stereocenters. The Kier molecular flexibility index (Phi) is 4.06. The van der Waals surface area contributed by atoms with Gasteiger partial charge < -0.3 is 5.32 Å². The summed E-state index contributed by atoms with van der Waals surface area (Å²) in [7, 11) is 0. The molecular formula is C17H23F2N. The third-order valence-electron chi connectivity index (χ3n) is 4.86. The van der Waals surface area contributed by atoms with Gasteiger partial charge in [-0.25, -0.2) is 8.78 Å². The van der Waals surface area contributed by atoms with Crippen LogP contribution in [0.3, 0.4) is 0 Å². The summed E-state index contributed by atoms with van der Waals surface area (Å²) in [5.41, 5.74) is 0.991. The minimum absolute atomic E-state index is 0.171. The minimum Gasteiger partial charge on any atom is -0.314 e. The third-order valence-corrected chi connectivity index (χ3v) is 4.86. The Bertz CT molecular complexity index is 482. The molecule has 1 nitrogen and oxygen atoms in total. The zero-order valence-corrected chi connectivity index (χ0v) is 12.1. The second-order valence-electron chi connectivity index (χ2n) is 6.43. The maximum absolute atomic E-state index is 14.2. The predicted octanol–water partition coefficient (Wildman–Crippen LogP) is 4.30. The summed E-state index contributed by atoms with van der Waals surface area (Å²) in [6, 6.07) is 4.19. The van der Waals surface area contributed by atoms with Crippen molar-refractivity contribution in [2.24, 2.45) is 5.92 Å². The van der Waals surface area contributed by atoms with Crippen molar-refractivity contribution in [3.63, 3.8) is 0 Å². The first-order chi connectivity index (χ1) is 9.66. The minimum atomic E-state index is -0.665. The number of nitrogens with one attached hydrogen (secondary N) is 1. The molecule has 2 aliphatic rings. The van der Waals surface area contributed by atoms with Gasteiger partial charge in [-0.1, -0.05) is 25.0 Å². The van der Waals surface area contributed by atoms with Crippen molar-refractivity contribution in [2.45, 2.75) is 57.4 Å². The average molecular weight is 279 g/mol. The molecule has 0 heterocycles. The van der Waals surface area contributed by atoms with E-state index in [1.807, 2.05) is 0 Å². The van der Waals surface area contributed by atoms with Crippen LogP contribution >= 0.6 is 0 Å². The van der Waals surface area contributed by atoms with Gasteiger partial charge in [-0.3, -0.25) is 0 Å². The van der Waals surface area contributed by atoms with Crippen LogP contribution < -0.4 is 5.32 Å². The average Bonchev–Trinajstić information content (AvgIpc) is 3.28. The van der Waals surface area contributed by atoms with Gasteiger partial charge in [-0.15, -0.1) is 0 Å². The van der Waals surface area contributed by atoms with Crippen LogP contribution in [0.1, 0.15) is 55.6 Å². The fourth-order valence-electron chi connectivity index (χ4n) is 3.41. The maximum atomic E-state index is 14.2. The zero-order valence-electron chi connectivity index (χ0n) is 12.1. The molecule has 2 atom stereocenters. The number of aryl methyl sites for hydroxylation is 1. The molecule has 0 amide bonds. The standard InChI is InChI=1S/C17H23F2N/c1-11-6-9-15(17(19)16(11)18)14-5-3-2-4-12(14)10-20-13-7-8-13/h6,9,12-14,20H,2-5,7-8,10H2,1H3. The summed E-state index contributed by atoms with van der Waals surface area (Å²) in [5.74, 6) is -0.665. The quantitative estimate of drug-likeness (QED) is 0.866. The van der Waals surface area contributed by atoms with Crippen molar-refractivity contribution in [2.75, 3.05) is 6.54 Å². The summed E-state index contributed by atoms with van der Waals surface area (Å²) in [6.07, 6.45) is 6.98. The van der Waals surface area contributed by atoms with E-state index >= 15 is 0 Å². The Labute approximate surface area is 119 Å². The summed E-state index contributed by atoms with van der Waals surface area (Å²) >= 11 is 0. The van der Waals surface area contributed by atoms with Gasteiger partial charge in [0.15, 0.2) is 11.6 Å². The molecule has 0 radical (unpaired) electrons. The SMILES string of the molecule is Cc1ccc(C2CCCCC2CNC2CC2)c(F)c1F. The van der Waals surface area contributed by atoms with Gasteiger partial charge in [0.1, 0.15) is 0 Å². The Balaban J connectivity index is 1.79. The van der Waals surface area contributed by atoms with Gasteiger partial charge in [0.05, 0.1) is 0 Å². The number of rotatable bonds is 4. The second-order valence-corrected chi connectivity index (χ2v) is 6.43. The monoisotopic (exact) mass is 279 g/mol. The molecule has 0 aliphatic heterocycles. The highest BCUT2D eigenvalue weighted by molar-refractivity contribution is 5.29.